The van der Waals surface area contributed by atoms with E-state index in [1.807, 2.05) is 48.5 Å². The van der Waals surface area contributed by atoms with Crippen LogP contribution >= 0.6 is 23.2 Å². The third-order valence-electron chi connectivity index (χ3n) is 4.30. The Morgan fingerprint density at radius 1 is 0.885 bits per heavy atom. The zero-order chi connectivity index (χ0) is 18.1. The predicted octanol–water partition coefficient (Wildman–Crippen LogP) is 6.39. The van der Waals surface area contributed by atoms with E-state index in [1.165, 1.54) is 0 Å². The summed E-state index contributed by atoms with van der Waals surface area (Å²) in [6, 6.07) is 22.2. The summed E-state index contributed by atoms with van der Waals surface area (Å²) in [6.45, 7) is 0. The summed E-state index contributed by atoms with van der Waals surface area (Å²) >= 11 is 12.3. The molecule has 1 aliphatic rings. The van der Waals surface area contributed by atoms with E-state index in [0.717, 1.165) is 11.1 Å². The molecule has 0 aliphatic carbocycles. The van der Waals surface area contributed by atoms with Crippen molar-refractivity contribution in [3.05, 3.63) is 105 Å². The maximum atomic E-state index is 13.2. The van der Waals surface area contributed by atoms with E-state index in [0.29, 0.717) is 26.9 Å². The number of carbonyl (C=O) groups excluding carboxylic acids is 1. The minimum atomic E-state index is -0.495. The highest BCUT2D eigenvalue weighted by molar-refractivity contribution is 6.35. The van der Waals surface area contributed by atoms with Gasteiger partial charge in [-0.2, -0.15) is 0 Å². The molecular weight excluding hydrogens is 367 g/mol. The van der Waals surface area contributed by atoms with Gasteiger partial charge in [-0.3, -0.25) is 4.79 Å². The van der Waals surface area contributed by atoms with E-state index in [2.05, 4.69) is 0 Å². The molecule has 1 aliphatic heterocycles. The zero-order valence-electron chi connectivity index (χ0n) is 13.7. The van der Waals surface area contributed by atoms with Gasteiger partial charge in [0.2, 0.25) is 0 Å². The van der Waals surface area contributed by atoms with Crippen LogP contribution in [0.1, 0.15) is 27.6 Å². The third kappa shape index (κ3) is 3.14. The average Bonchev–Trinajstić information content (AvgIpc) is 2.66. The first-order chi connectivity index (χ1) is 12.6. The second kappa shape index (κ2) is 6.99. The minimum absolute atomic E-state index is 0.0632. The molecule has 0 spiro atoms. The number of carbonyl (C=O) groups is 1. The van der Waals surface area contributed by atoms with Gasteiger partial charge >= 0.3 is 0 Å². The molecule has 4 heteroatoms. The quantitative estimate of drug-likeness (QED) is 0.481. The van der Waals surface area contributed by atoms with Crippen molar-refractivity contribution < 1.29 is 9.53 Å². The minimum Gasteiger partial charge on any atom is -0.480 e. The van der Waals surface area contributed by atoms with Gasteiger partial charge in [0.15, 0.2) is 11.9 Å². The molecular formula is C22H14Cl2O2. The number of halogens is 2. The number of ether oxygens (including phenoxy) is 1. The molecule has 128 valence electrons. The van der Waals surface area contributed by atoms with Gasteiger partial charge in [0.05, 0.1) is 5.56 Å². The van der Waals surface area contributed by atoms with Crippen molar-refractivity contribution in [2.45, 2.75) is 6.10 Å². The van der Waals surface area contributed by atoms with Crippen LogP contribution in [0.25, 0.3) is 6.08 Å². The number of fused-ring (bicyclic) bond motifs is 1. The van der Waals surface area contributed by atoms with E-state index >= 15 is 0 Å². The highest BCUT2D eigenvalue weighted by Gasteiger charge is 2.32. The lowest BCUT2D eigenvalue weighted by Crippen LogP contribution is -2.23. The molecule has 1 atom stereocenters. The van der Waals surface area contributed by atoms with Crippen LogP contribution in [0, 0.1) is 0 Å². The summed E-state index contributed by atoms with van der Waals surface area (Å²) in [5.74, 6) is 0.525. The Labute approximate surface area is 161 Å². The summed E-state index contributed by atoms with van der Waals surface area (Å²) in [5.41, 5.74) is 2.73. The smallest absolute Gasteiger partial charge is 0.196 e. The van der Waals surface area contributed by atoms with Gasteiger partial charge in [0, 0.05) is 15.6 Å². The number of rotatable bonds is 2. The fourth-order valence-corrected chi connectivity index (χ4v) is 3.49. The van der Waals surface area contributed by atoms with Crippen LogP contribution in [0.4, 0.5) is 0 Å². The Morgan fingerprint density at radius 3 is 2.38 bits per heavy atom. The Bertz CT molecular complexity index is 1010. The lowest BCUT2D eigenvalue weighted by molar-refractivity contribution is 0.0963. The molecule has 2 nitrogen and oxygen atoms in total. The van der Waals surface area contributed by atoms with Crippen LogP contribution in [0.5, 0.6) is 5.75 Å². The largest absolute Gasteiger partial charge is 0.480 e. The Kier molecular flexibility index (Phi) is 4.54. The van der Waals surface area contributed by atoms with Crippen LogP contribution < -0.4 is 4.74 Å². The van der Waals surface area contributed by atoms with Crippen molar-refractivity contribution in [1.29, 1.82) is 0 Å². The number of Topliss-reactive ketones (excluding diaryl/α,β-unsaturated/α-hetero) is 1. The van der Waals surface area contributed by atoms with Crippen LogP contribution in [-0.4, -0.2) is 5.78 Å². The first-order valence-corrected chi connectivity index (χ1v) is 8.91. The van der Waals surface area contributed by atoms with Crippen molar-refractivity contribution in [3.8, 4) is 5.75 Å². The number of ketones is 1. The van der Waals surface area contributed by atoms with E-state index in [-0.39, 0.29) is 5.78 Å². The SMILES string of the molecule is O=C1C(=Cc2ccc(Cl)cc2Cl)C(c2ccccc2)Oc2ccccc21. The lowest BCUT2D eigenvalue weighted by atomic mass is 9.89. The maximum absolute atomic E-state index is 13.2. The van der Waals surface area contributed by atoms with Gasteiger partial charge in [-0.25, -0.2) is 0 Å². The van der Waals surface area contributed by atoms with Crippen molar-refractivity contribution in [3.63, 3.8) is 0 Å². The molecule has 1 unspecified atom stereocenters. The van der Waals surface area contributed by atoms with Crippen LogP contribution in [0.15, 0.2) is 78.4 Å². The molecule has 3 aromatic carbocycles. The van der Waals surface area contributed by atoms with Crippen molar-refractivity contribution in [2.75, 3.05) is 0 Å². The maximum Gasteiger partial charge on any atom is 0.196 e. The number of para-hydroxylation sites is 1. The monoisotopic (exact) mass is 380 g/mol. The van der Waals surface area contributed by atoms with Gasteiger partial charge in [-0.15, -0.1) is 0 Å². The molecule has 0 radical (unpaired) electrons. The fourth-order valence-electron chi connectivity index (χ4n) is 3.02. The first kappa shape index (κ1) is 16.9. The van der Waals surface area contributed by atoms with Crippen LogP contribution in [0.3, 0.4) is 0 Å². The second-order valence-electron chi connectivity index (χ2n) is 6.00. The van der Waals surface area contributed by atoms with Crippen molar-refractivity contribution in [2.24, 2.45) is 0 Å². The van der Waals surface area contributed by atoms with E-state index < -0.39 is 6.10 Å². The number of benzene rings is 3. The van der Waals surface area contributed by atoms with Gasteiger partial charge in [-0.1, -0.05) is 71.7 Å². The highest BCUT2D eigenvalue weighted by atomic mass is 35.5. The number of hydrogen-bond donors (Lipinski definition) is 0. The summed E-state index contributed by atoms with van der Waals surface area (Å²) in [6.07, 6.45) is 1.29. The van der Waals surface area contributed by atoms with Gasteiger partial charge < -0.3 is 4.74 Å². The molecule has 0 aromatic heterocycles. The Hall–Kier alpha value is -2.55. The van der Waals surface area contributed by atoms with Gasteiger partial charge in [0.1, 0.15) is 5.75 Å². The molecule has 0 N–H and O–H groups in total. The fraction of sp³-hybridized carbons (Fsp3) is 0.0455. The molecule has 26 heavy (non-hydrogen) atoms. The summed E-state index contributed by atoms with van der Waals surface area (Å²) in [5, 5.41) is 1.04. The van der Waals surface area contributed by atoms with Gasteiger partial charge in [-0.05, 0) is 41.5 Å². The second-order valence-corrected chi connectivity index (χ2v) is 6.84. The summed E-state index contributed by atoms with van der Waals surface area (Å²) in [4.78, 5) is 13.2. The van der Waals surface area contributed by atoms with Gasteiger partial charge in [0.25, 0.3) is 0 Å². The van der Waals surface area contributed by atoms with Crippen molar-refractivity contribution >= 4 is 35.1 Å². The van der Waals surface area contributed by atoms with E-state index in [1.54, 1.807) is 30.3 Å². The summed E-state index contributed by atoms with van der Waals surface area (Å²) in [7, 11) is 0. The van der Waals surface area contributed by atoms with Crippen molar-refractivity contribution in [1.82, 2.24) is 0 Å². The number of hydrogen-bond acceptors (Lipinski definition) is 2. The van der Waals surface area contributed by atoms with E-state index in [4.69, 9.17) is 27.9 Å². The molecule has 0 saturated heterocycles. The summed E-state index contributed by atoms with van der Waals surface area (Å²) < 4.78 is 6.18. The standard InChI is InChI=1S/C22H14Cl2O2/c23-16-11-10-15(19(24)13-16)12-18-21(25)17-8-4-5-9-20(17)26-22(18)14-6-2-1-3-7-14/h1-13,22H. The highest BCUT2D eigenvalue weighted by Crippen LogP contribution is 2.39. The predicted molar refractivity (Wildman–Crippen MR) is 105 cm³/mol. The molecule has 4 rings (SSSR count). The molecule has 0 amide bonds. The molecule has 0 bridgehead atoms. The Morgan fingerprint density at radius 2 is 1.62 bits per heavy atom. The zero-order valence-corrected chi connectivity index (χ0v) is 15.2. The Balaban J connectivity index is 1.88. The average molecular weight is 381 g/mol. The lowest BCUT2D eigenvalue weighted by Gasteiger charge is -2.28. The van der Waals surface area contributed by atoms with Crippen LogP contribution in [-0.2, 0) is 0 Å². The van der Waals surface area contributed by atoms with E-state index in [9.17, 15) is 4.79 Å². The first-order valence-electron chi connectivity index (χ1n) is 8.15. The topological polar surface area (TPSA) is 26.3 Å². The molecule has 0 saturated carbocycles. The molecule has 1 heterocycles. The van der Waals surface area contributed by atoms with Crippen LogP contribution in [0.2, 0.25) is 10.0 Å². The molecule has 3 aromatic rings. The third-order valence-corrected chi connectivity index (χ3v) is 4.86. The normalized spacial score (nSPS) is 17.7. The molecule has 0 fully saturated rings.